The topological polar surface area (TPSA) is 91.7 Å². The summed E-state index contributed by atoms with van der Waals surface area (Å²) in [5.41, 5.74) is 7.99. The Balaban J connectivity index is 2.11. The number of nitrogen functional groups attached to an aromatic ring is 1. The lowest BCUT2D eigenvalue weighted by Gasteiger charge is -2.05. The lowest BCUT2D eigenvalue weighted by molar-refractivity contribution is 0.401. The molecule has 0 atom stereocenters. The van der Waals surface area contributed by atoms with Gasteiger partial charge in [0.05, 0.1) is 19.3 Å². The van der Waals surface area contributed by atoms with Crippen molar-refractivity contribution in [3.8, 4) is 5.88 Å². The predicted octanol–water partition coefficient (Wildman–Crippen LogP) is 0.860. The molecular formula is C12H12N6O. The molecule has 2 N–H and O–H groups in total. The summed E-state index contributed by atoms with van der Waals surface area (Å²) >= 11 is 0. The van der Waals surface area contributed by atoms with Gasteiger partial charge in [0.25, 0.3) is 0 Å². The molecule has 3 aromatic heterocycles. The van der Waals surface area contributed by atoms with E-state index in [0.29, 0.717) is 29.5 Å². The van der Waals surface area contributed by atoms with E-state index < -0.39 is 0 Å². The zero-order valence-electron chi connectivity index (χ0n) is 10.3. The van der Waals surface area contributed by atoms with Gasteiger partial charge in [0.1, 0.15) is 6.33 Å². The maximum absolute atomic E-state index is 5.93. The predicted molar refractivity (Wildman–Crippen MR) is 69.6 cm³/mol. The summed E-state index contributed by atoms with van der Waals surface area (Å²) in [7, 11) is 1.54. The first-order chi connectivity index (χ1) is 9.29. The number of fused-ring (bicyclic) bond motifs is 1. The Morgan fingerprint density at radius 2 is 2.16 bits per heavy atom. The van der Waals surface area contributed by atoms with Crippen LogP contribution in [0.4, 0.5) is 5.95 Å². The molecule has 3 heterocycles. The summed E-state index contributed by atoms with van der Waals surface area (Å²) in [6.07, 6.45) is 3.16. The van der Waals surface area contributed by atoms with Gasteiger partial charge >= 0.3 is 0 Å². The Hall–Kier alpha value is -2.70. The SMILES string of the molecule is COc1ncnc2c1nc(N)n2Cc1ccccn1. The van der Waals surface area contributed by atoms with E-state index in [1.54, 1.807) is 10.8 Å². The first-order valence-electron chi connectivity index (χ1n) is 5.70. The van der Waals surface area contributed by atoms with Crippen molar-refractivity contribution in [1.82, 2.24) is 24.5 Å². The molecule has 7 heteroatoms. The Labute approximate surface area is 109 Å². The maximum Gasteiger partial charge on any atom is 0.245 e. The van der Waals surface area contributed by atoms with Crippen LogP contribution in [0.15, 0.2) is 30.7 Å². The van der Waals surface area contributed by atoms with Gasteiger partial charge in [-0.05, 0) is 12.1 Å². The van der Waals surface area contributed by atoms with Gasteiger partial charge in [-0.15, -0.1) is 0 Å². The summed E-state index contributed by atoms with van der Waals surface area (Å²) in [5.74, 6) is 0.774. The molecule has 0 saturated carbocycles. The van der Waals surface area contributed by atoms with Crippen molar-refractivity contribution in [2.24, 2.45) is 0 Å². The quantitative estimate of drug-likeness (QED) is 0.747. The van der Waals surface area contributed by atoms with E-state index in [0.717, 1.165) is 5.69 Å². The number of imidazole rings is 1. The lowest BCUT2D eigenvalue weighted by Crippen LogP contribution is -2.06. The van der Waals surface area contributed by atoms with Crippen LogP contribution in [0.5, 0.6) is 5.88 Å². The normalized spacial score (nSPS) is 10.8. The minimum Gasteiger partial charge on any atom is -0.479 e. The van der Waals surface area contributed by atoms with Crippen molar-refractivity contribution in [2.75, 3.05) is 12.8 Å². The second-order valence-corrected chi connectivity index (χ2v) is 3.93. The average Bonchev–Trinajstić information content (AvgIpc) is 2.76. The van der Waals surface area contributed by atoms with Crippen LogP contribution in [-0.2, 0) is 6.54 Å². The molecule has 96 valence electrons. The second-order valence-electron chi connectivity index (χ2n) is 3.93. The van der Waals surface area contributed by atoms with E-state index >= 15 is 0 Å². The maximum atomic E-state index is 5.93. The molecule has 0 bridgehead atoms. The van der Waals surface area contributed by atoms with E-state index in [-0.39, 0.29) is 0 Å². The van der Waals surface area contributed by atoms with Crippen molar-refractivity contribution in [2.45, 2.75) is 6.54 Å². The number of ether oxygens (including phenoxy) is 1. The Morgan fingerprint density at radius 1 is 1.26 bits per heavy atom. The van der Waals surface area contributed by atoms with Crippen LogP contribution >= 0.6 is 0 Å². The number of rotatable bonds is 3. The summed E-state index contributed by atoms with van der Waals surface area (Å²) in [4.78, 5) is 16.7. The van der Waals surface area contributed by atoms with E-state index in [2.05, 4.69) is 19.9 Å². The van der Waals surface area contributed by atoms with Crippen molar-refractivity contribution < 1.29 is 4.74 Å². The van der Waals surface area contributed by atoms with Gasteiger partial charge in [0.2, 0.25) is 11.8 Å². The zero-order valence-corrected chi connectivity index (χ0v) is 10.3. The highest BCUT2D eigenvalue weighted by molar-refractivity contribution is 5.78. The summed E-state index contributed by atoms with van der Waals surface area (Å²) in [6.45, 7) is 0.503. The Kier molecular flexibility index (Phi) is 2.71. The van der Waals surface area contributed by atoms with Crippen LogP contribution in [0.1, 0.15) is 5.69 Å². The third kappa shape index (κ3) is 1.95. The molecule has 0 fully saturated rings. The molecule has 0 aliphatic heterocycles. The zero-order chi connectivity index (χ0) is 13.2. The fourth-order valence-electron chi connectivity index (χ4n) is 1.89. The average molecular weight is 256 g/mol. The number of hydrogen-bond donors (Lipinski definition) is 1. The van der Waals surface area contributed by atoms with E-state index in [9.17, 15) is 0 Å². The molecule has 0 saturated heterocycles. The van der Waals surface area contributed by atoms with Crippen LogP contribution < -0.4 is 10.5 Å². The molecule has 0 aromatic carbocycles. The van der Waals surface area contributed by atoms with Gasteiger partial charge in [0.15, 0.2) is 11.2 Å². The highest BCUT2D eigenvalue weighted by Gasteiger charge is 2.14. The number of nitrogens with zero attached hydrogens (tertiary/aromatic N) is 5. The van der Waals surface area contributed by atoms with Gasteiger partial charge in [-0.1, -0.05) is 6.07 Å². The fraction of sp³-hybridized carbons (Fsp3) is 0.167. The molecule has 7 nitrogen and oxygen atoms in total. The Bertz CT molecular complexity index is 709. The van der Waals surface area contributed by atoms with E-state index in [1.807, 2.05) is 18.2 Å². The molecule has 0 unspecified atom stereocenters. The smallest absolute Gasteiger partial charge is 0.245 e. The lowest BCUT2D eigenvalue weighted by atomic mass is 10.3. The number of pyridine rings is 1. The summed E-state index contributed by atoms with van der Waals surface area (Å²) in [6, 6.07) is 5.71. The van der Waals surface area contributed by atoms with Crippen LogP contribution in [0.2, 0.25) is 0 Å². The van der Waals surface area contributed by atoms with Gasteiger partial charge in [-0.3, -0.25) is 9.55 Å². The monoisotopic (exact) mass is 256 g/mol. The van der Waals surface area contributed by atoms with Gasteiger partial charge in [-0.25, -0.2) is 9.97 Å². The molecule has 0 spiro atoms. The first kappa shape index (κ1) is 11.4. The van der Waals surface area contributed by atoms with Crippen molar-refractivity contribution in [1.29, 1.82) is 0 Å². The van der Waals surface area contributed by atoms with Crippen LogP contribution in [-0.4, -0.2) is 31.6 Å². The standard InChI is InChI=1S/C12H12N6O/c1-19-11-9-10(15-7-16-11)18(12(13)17-9)6-8-4-2-3-5-14-8/h2-5,7H,6H2,1H3,(H2,13,17). The van der Waals surface area contributed by atoms with Crippen molar-refractivity contribution in [3.63, 3.8) is 0 Å². The third-order valence-corrected chi connectivity index (χ3v) is 2.77. The fourth-order valence-corrected chi connectivity index (χ4v) is 1.89. The summed E-state index contributed by atoms with van der Waals surface area (Å²) < 4.78 is 6.93. The number of aromatic nitrogens is 5. The molecule has 19 heavy (non-hydrogen) atoms. The number of methoxy groups -OCH3 is 1. The largest absolute Gasteiger partial charge is 0.479 e. The van der Waals surface area contributed by atoms with Crippen LogP contribution in [0.3, 0.4) is 0 Å². The molecular weight excluding hydrogens is 244 g/mol. The van der Waals surface area contributed by atoms with Crippen molar-refractivity contribution >= 4 is 17.1 Å². The molecule has 0 aliphatic rings. The second kappa shape index (κ2) is 4.52. The molecule has 0 amide bonds. The van der Waals surface area contributed by atoms with Crippen LogP contribution in [0.25, 0.3) is 11.2 Å². The van der Waals surface area contributed by atoms with Gasteiger partial charge in [-0.2, -0.15) is 4.98 Å². The minimum atomic E-state index is 0.361. The molecule has 0 aliphatic carbocycles. The first-order valence-corrected chi connectivity index (χ1v) is 5.70. The molecule has 3 aromatic rings. The van der Waals surface area contributed by atoms with E-state index in [1.165, 1.54) is 13.4 Å². The third-order valence-electron chi connectivity index (χ3n) is 2.77. The molecule has 0 radical (unpaired) electrons. The van der Waals surface area contributed by atoms with E-state index in [4.69, 9.17) is 10.5 Å². The van der Waals surface area contributed by atoms with Crippen molar-refractivity contribution in [3.05, 3.63) is 36.4 Å². The van der Waals surface area contributed by atoms with Gasteiger partial charge in [0, 0.05) is 6.20 Å². The summed E-state index contributed by atoms with van der Waals surface area (Å²) in [5, 5.41) is 0. The van der Waals surface area contributed by atoms with Crippen LogP contribution in [0, 0.1) is 0 Å². The van der Waals surface area contributed by atoms with Gasteiger partial charge < -0.3 is 10.5 Å². The number of nitrogens with two attached hydrogens (primary N) is 1. The molecule has 3 rings (SSSR count). The highest BCUT2D eigenvalue weighted by Crippen LogP contribution is 2.23. The highest BCUT2D eigenvalue weighted by atomic mass is 16.5. The number of hydrogen-bond acceptors (Lipinski definition) is 6. The number of anilines is 1. The minimum absolute atomic E-state index is 0.361. The Morgan fingerprint density at radius 3 is 2.89 bits per heavy atom.